The zero-order valence-corrected chi connectivity index (χ0v) is 11.2. The van der Waals surface area contributed by atoms with E-state index in [2.05, 4.69) is 11.2 Å². The molecular formula is C17H12FN3. The summed E-state index contributed by atoms with van der Waals surface area (Å²) < 4.78 is 14.7. The quantitative estimate of drug-likeness (QED) is 0.734. The number of nitrogens with zero attached hydrogens (tertiary/aromatic N) is 3. The van der Waals surface area contributed by atoms with Crippen LogP contribution in [-0.2, 0) is 6.54 Å². The van der Waals surface area contributed by atoms with Crippen LogP contribution in [0.2, 0.25) is 0 Å². The Hall–Kier alpha value is -2.93. The zero-order chi connectivity index (χ0) is 14.7. The summed E-state index contributed by atoms with van der Waals surface area (Å²) in [6.07, 6.45) is 1.85. The highest BCUT2D eigenvalue weighted by Gasteiger charge is 2.05. The summed E-state index contributed by atoms with van der Waals surface area (Å²) in [5.41, 5.74) is 3.22. The summed E-state index contributed by atoms with van der Waals surface area (Å²) in [6.45, 7) is 0.533. The highest BCUT2D eigenvalue weighted by Crippen LogP contribution is 2.18. The second-order valence-corrected chi connectivity index (χ2v) is 4.67. The van der Waals surface area contributed by atoms with Gasteiger partial charge in [-0.2, -0.15) is 10.4 Å². The Kier molecular flexibility index (Phi) is 3.48. The van der Waals surface area contributed by atoms with E-state index in [1.807, 2.05) is 30.5 Å². The molecule has 4 heteroatoms. The molecule has 0 saturated carbocycles. The van der Waals surface area contributed by atoms with Gasteiger partial charge in [0.25, 0.3) is 0 Å². The molecule has 0 radical (unpaired) electrons. The van der Waals surface area contributed by atoms with Gasteiger partial charge in [0, 0.05) is 11.8 Å². The van der Waals surface area contributed by atoms with Crippen molar-refractivity contribution in [3.63, 3.8) is 0 Å². The average molecular weight is 277 g/mol. The van der Waals surface area contributed by atoms with Gasteiger partial charge < -0.3 is 0 Å². The van der Waals surface area contributed by atoms with E-state index in [0.29, 0.717) is 12.1 Å². The van der Waals surface area contributed by atoms with Crippen LogP contribution in [-0.4, -0.2) is 9.78 Å². The van der Waals surface area contributed by atoms with E-state index in [0.717, 1.165) is 16.8 Å². The maximum atomic E-state index is 12.9. The minimum absolute atomic E-state index is 0.263. The van der Waals surface area contributed by atoms with Crippen molar-refractivity contribution in [3.8, 4) is 17.3 Å². The first-order valence-corrected chi connectivity index (χ1v) is 6.53. The molecule has 1 aromatic heterocycles. The van der Waals surface area contributed by atoms with Gasteiger partial charge in [-0.25, -0.2) is 4.39 Å². The van der Waals surface area contributed by atoms with Gasteiger partial charge in [-0.05, 0) is 42.0 Å². The Morgan fingerprint density at radius 2 is 1.81 bits per heavy atom. The van der Waals surface area contributed by atoms with Crippen molar-refractivity contribution >= 4 is 0 Å². The summed E-state index contributed by atoms with van der Waals surface area (Å²) >= 11 is 0. The molecule has 0 amide bonds. The number of aromatic nitrogens is 2. The largest absolute Gasteiger partial charge is 0.268 e. The molecule has 0 fully saturated rings. The lowest BCUT2D eigenvalue weighted by atomic mass is 10.1. The minimum atomic E-state index is -0.263. The fourth-order valence-corrected chi connectivity index (χ4v) is 2.17. The van der Waals surface area contributed by atoms with Crippen molar-refractivity contribution in [1.29, 1.82) is 5.26 Å². The minimum Gasteiger partial charge on any atom is -0.268 e. The van der Waals surface area contributed by atoms with Crippen molar-refractivity contribution < 1.29 is 4.39 Å². The molecular weight excluding hydrogens is 265 g/mol. The molecule has 0 N–H and O–H groups in total. The summed E-state index contributed by atoms with van der Waals surface area (Å²) in [5.74, 6) is -0.263. The first-order valence-electron chi connectivity index (χ1n) is 6.53. The van der Waals surface area contributed by atoms with Crippen LogP contribution in [0.3, 0.4) is 0 Å². The van der Waals surface area contributed by atoms with Gasteiger partial charge in [0.15, 0.2) is 0 Å². The van der Waals surface area contributed by atoms with E-state index in [1.165, 1.54) is 12.1 Å². The molecule has 0 aliphatic heterocycles. The lowest BCUT2D eigenvalue weighted by Gasteiger charge is -2.04. The molecule has 3 aromatic rings. The number of nitriles is 1. The van der Waals surface area contributed by atoms with Crippen LogP contribution in [0, 0.1) is 17.1 Å². The van der Waals surface area contributed by atoms with E-state index in [9.17, 15) is 4.39 Å². The van der Waals surface area contributed by atoms with Crippen molar-refractivity contribution in [2.24, 2.45) is 0 Å². The molecule has 3 rings (SSSR count). The molecule has 21 heavy (non-hydrogen) atoms. The number of benzene rings is 2. The molecule has 3 nitrogen and oxygen atoms in total. The monoisotopic (exact) mass is 277 g/mol. The fourth-order valence-electron chi connectivity index (χ4n) is 2.17. The number of hydrogen-bond donors (Lipinski definition) is 0. The van der Waals surface area contributed by atoms with E-state index in [1.54, 1.807) is 22.9 Å². The molecule has 0 atom stereocenters. The van der Waals surface area contributed by atoms with Crippen LogP contribution in [0.1, 0.15) is 11.1 Å². The predicted octanol–water partition coefficient (Wildman–Crippen LogP) is 3.61. The van der Waals surface area contributed by atoms with Crippen molar-refractivity contribution in [2.75, 3.05) is 0 Å². The Bertz CT molecular complexity index is 797. The van der Waals surface area contributed by atoms with Crippen LogP contribution in [0.5, 0.6) is 0 Å². The van der Waals surface area contributed by atoms with Crippen LogP contribution < -0.4 is 0 Å². The molecule has 0 aliphatic rings. The number of halogens is 1. The van der Waals surface area contributed by atoms with Crippen molar-refractivity contribution in [3.05, 3.63) is 77.7 Å². The Morgan fingerprint density at radius 1 is 1.05 bits per heavy atom. The molecule has 102 valence electrons. The van der Waals surface area contributed by atoms with Gasteiger partial charge in [-0.15, -0.1) is 0 Å². The maximum Gasteiger partial charge on any atom is 0.123 e. The second-order valence-electron chi connectivity index (χ2n) is 4.67. The molecule has 2 aromatic carbocycles. The van der Waals surface area contributed by atoms with Gasteiger partial charge in [0.2, 0.25) is 0 Å². The topological polar surface area (TPSA) is 41.6 Å². The van der Waals surface area contributed by atoms with Crippen molar-refractivity contribution in [1.82, 2.24) is 9.78 Å². The molecule has 0 spiro atoms. The zero-order valence-electron chi connectivity index (χ0n) is 11.2. The first-order chi connectivity index (χ1) is 10.3. The lowest BCUT2D eigenvalue weighted by molar-refractivity contribution is 0.628. The highest BCUT2D eigenvalue weighted by molar-refractivity contribution is 5.58. The summed E-state index contributed by atoms with van der Waals surface area (Å²) in [4.78, 5) is 0. The first kappa shape index (κ1) is 13.1. The smallest absolute Gasteiger partial charge is 0.123 e. The van der Waals surface area contributed by atoms with Crippen LogP contribution in [0.4, 0.5) is 4.39 Å². The van der Waals surface area contributed by atoms with Gasteiger partial charge >= 0.3 is 0 Å². The van der Waals surface area contributed by atoms with E-state index >= 15 is 0 Å². The van der Waals surface area contributed by atoms with E-state index in [4.69, 9.17) is 5.26 Å². The molecule has 1 heterocycles. The predicted molar refractivity (Wildman–Crippen MR) is 77.9 cm³/mol. The SMILES string of the molecule is N#Cc1ccccc1Cn1ccc(-c2ccc(F)cc2)n1. The number of hydrogen-bond acceptors (Lipinski definition) is 2. The average Bonchev–Trinajstić information content (AvgIpc) is 2.97. The standard InChI is InChI=1S/C17H12FN3/c18-16-7-5-13(6-8-16)17-9-10-21(20-17)12-15-4-2-1-3-14(15)11-19/h1-10H,12H2. The van der Waals surface area contributed by atoms with Gasteiger partial charge in [-0.1, -0.05) is 18.2 Å². The fraction of sp³-hybridized carbons (Fsp3) is 0.0588. The Balaban J connectivity index is 1.86. The third kappa shape index (κ3) is 2.82. The van der Waals surface area contributed by atoms with E-state index < -0.39 is 0 Å². The summed E-state index contributed by atoms with van der Waals surface area (Å²) in [6, 6.07) is 17.7. The summed E-state index contributed by atoms with van der Waals surface area (Å²) in [7, 11) is 0. The second kappa shape index (κ2) is 5.59. The Labute approximate surface area is 121 Å². The molecule has 0 aliphatic carbocycles. The van der Waals surface area contributed by atoms with Gasteiger partial charge in [0.1, 0.15) is 5.82 Å². The molecule has 0 unspecified atom stereocenters. The van der Waals surface area contributed by atoms with Gasteiger partial charge in [0.05, 0.1) is 23.9 Å². The molecule has 0 bridgehead atoms. The van der Waals surface area contributed by atoms with Crippen LogP contribution >= 0.6 is 0 Å². The van der Waals surface area contributed by atoms with Crippen LogP contribution in [0.15, 0.2) is 60.8 Å². The normalized spacial score (nSPS) is 10.3. The third-order valence-electron chi connectivity index (χ3n) is 3.25. The lowest BCUT2D eigenvalue weighted by Crippen LogP contribution is -2.02. The van der Waals surface area contributed by atoms with Crippen molar-refractivity contribution in [2.45, 2.75) is 6.54 Å². The summed E-state index contributed by atoms with van der Waals surface area (Å²) in [5, 5.41) is 13.6. The number of rotatable bonds is 3. The third-order valence-corrected chi connectivity index (χ3v) is 3.25. The van der Waals surface area contributed by atoms with Crippen LogP contribution in [0.25, 0.3) is 11.3 Å². The highest BCUT2D eigenvalue weighted by atomic mass is 19.1. The van der Waals surface area contributed by atoms with Gasteiger partial charge in [-0.3, -0.25) is 4.68 Å². The molecule has 0 saturated heterocycles. The van der Waals surface area contributed by atoms with E-state index in [-0.39, 0.29) is 5.82 Å². The maximum absolute atomic E-state index is 12.9. The Morgan fingerprint density at radius 3 is 2.57 bits per heavy atom.